The topological polar surface area (TPSA) is 93.1 Å². The number of hydrogen-bond acceptors (Lipinski definition) is 9. The number of aryl methyl sites for hydroxylation is 1. The van der Waals surface area contributed by atoms with E-state index in [9.17, 15) is 4.79 Å². The van der Waals surface area contributed by atoms with Crippen LogP contribution in [0.3, 0.4) is 0 Å². The summed E-state index contributed by atoms with van der Waals surface area (Å²) in [6, 6.07) is 13.8. The molecule has 1 N–H and O–H groups in total. The maximum Gasteiger partial charge on any atom is 0.205 e. The van der Waals surface area contributed by atoms with E-state index in [1.165, 1.54) is 11.3 Å². The normalized spacial score (nSPS) is 17.0. The Kier molecular flexibility index (Phi) is 6.83. The average molecular weight is 439 g/mol. The van der Waals surface area contributed by atoms with Crippen LogP contribution in [-0.4, -0.2) is 51.9 Å². The summed E-state index contributed by atoms with van der Waals surface area (Å²) in [5.41, 5.74) is 1.77. The largest absolute Gasteiger partial charge is 0.366 e. The third kappa shape index (κ3) is 5.42. The van der Waals surface area contributed by atoms with Crippen molar-refractivity contribution < 1.29 is 9.53 Å². The molecular formula is C22H26N6O2S. The fourth-order valence-corrected chi connectivity index (χ4v) is 4.44. The first-order valence-corrected chi connectivity index (χ1v) is 11.3. The number of aromatic nitrogens is 4. The first-order valence-electron chi connectivity index (χ1n) is 10.5. The first kappa shape index (κ1) is 21.3. The summed E-state index contributed by atoms with van der Waals surface area (Å²) in [7, 11) is 0. The highest BCUT2D eigenvalue weighted by atomic mass is 32.1. The molecule has 4 rings (SSSR count). The lowest BCUT2D eigenvalue weighted by atomic mass is 10.0. The summed E-state index contributed by atoms with van der Waals surface area (Å²) >= 11 is 1.42. The lowest BCUT2D eigenvalue weighted by Crippen LogP contribution is -2.26. The van der Waals surface area contributed by atoms with Crippen molar-refractivity contribution in [2.75, 3.05) is 29.9 Å². The first-order chi connectivity index (χ1) is 15.1. The highest BCUT2D eigenvalue weighted by molar-refractivity contribution is 7.15. The predicted octanol–water partition coefficient (Wildman–Crippen LogP) is 3.22. The monoisotopic (exact) mass is 438 g/mol. The molecule has 0 radical (unpaired) electrons. The molecule has 1 fully saturated rings. The Labute approximate surface area is 185 Å². The molecule has 0 unspecified atom stereocenters. The van der Waals surface area contributed by atoms with Crippen molar-refractivity contribution in [2.24, 2.45) is 0 Å². The van der Waals surface area contributed by atoms with Crippen LogP contribution in [0.1, 0.15) is 35.7 Å². The van der Waals surface area contributed by atoms with E-state index in [-0.39, 0.29) is 18.2 Å². The van der Waals surface area contributed by atoms with Gasteiger partial charge < -0.3 is 15.0 Å². The number of hydrogen-bond donors (Lipinski definition) is 1. The van der Waals surface area contributed by atoms with Crippen LogP contribution in [0.5, 0.6) is 0 Å². The molecule has 9 heteroatoms. The molecule has 3 aromatic rings. The zero-order valence-electron chi connectivity index (χ0n) is 17.7. The number of Topliss-reactive ketones (excluding diaryl/α,β-unsaturated/α-hetero) is 1. The third-order valence-electron chi connectivity index (χ3n) is 5.14. The molecule has 2 atom stereocenters. The number of rotatable bonds is 9. The number of benzene rings is 1. The van der Waals surface area contributed by atoms with Crippen molar-refractivity contribution >= 4 is 28.1 Å². The zero-order chi connectivity index (χ0) is 21.6. The van der Waals surface area contributed by atoms with Crippen LogP contribution in [-0.2, 0) is 16.0 Å². The summed E-state index contributed by atoms with van der Waals surface area (Å²) in [4.78, 5) is 15.1. The van der Waals surface area contributed by atoms with E-state index in [2.05, 4.69) is 30.6 Å². The van der Waals surface area contributed by atoms with Gasteiger partial charge in [0.25, 0.3) is 0 Å². The summed E-state index contributed by atoms with van der Waals surface area (Å²) in [5, 5.41) is 21.7. The fourth-order valence-electron chi connectivity index (χ4n) is 3.62. The maximum absolute atomic E-state index is 12.9. The highest BCUT2D eigenvalue weighted by Crippen LogP contribution is 2.25. The minimum absolute atomic E-state index is 0.0132. The molecule has 8 nitrogen and oxygen atoms in total. The Morgan fingerprint density at radius 2 is 2.03 bits per heavy atom. The molecule has 1 aromatic carbocycles. The molecule has 31 heavy (non-hydrogen) atoms. The van der Waals surface area contributed by atoms with E-state index in [1.54, 1.807) is 0 Å². The quantitative estimate of drug-likeness (QED) is 0.544. The van der Waals surface area contributed by atoms with Crippen LogP contribution in [0, 0.1) is 6.92 Å². The van der Waals surface area contributed by atoms with Crippen molar-refractivity contribution in [3.8, 4) is 0 Å². The summed E-state index contributed by atoms with van der Waals surface area (Å²) in [5.74, 6) is 0.877. The molecule has 162 valence electrons. The van der Waals surface area contributed by atoms with E-state index < -0.39 is 6.10 Å². The summed E-state index contributed by atoms with van der Waals surface area (Å²) in [6.07, 6.45) is 0.601. The summed E-state index contributed by atoms with van der Waals surface area (Å²) < 4.78 is 5.71. The van der Waals surface area contributed by atoms with Gasteiger partial charge in [-0.1, -0.05) is 41.7 Å². The second-order valence-corrected chi connectivity index (χ2v) is 8.56. The molecule has 1 aliphatic heterocycles. The van der Waals surface area contributed by atoms with Gasteiger partial charge in [0.2, 0.25) is 5.13 Å². The van der Waals surface area contributed by atoms with E-state index in [0.717, 1.165) is 41.7 Å². The van der Waals surface area contributed by atoms with Crippen molar-refractivity contribution in [3.63, 3.8) is 0 Å². The van der Waals surface area contributed by atoms with Crippen LogP contribution in [0.25, 0.3) is 0 Å². The van der Waals surface area contributed by atoms with Gasteiger partial charge >= 0.3 is 0 Å². The Hall–Kier alpha value is -2.91. The fraction of sp³-hybridized carbons (Fsp3) is 0.409. The number of carbonyl (C=O) groups excluding carboxylic acids is 1. The SMILES string of the molecule is CCO[C@@H](C(=O)Cc1nnc(N[C@@H]2CCN(c3ccc(C)nn3)C2)s1)c1ccccc1. The minimum atomic E-state index is -0.578. The van der Waals surface area contributed by atoms with Crippen LogP contribution < -0.4 is 10.2 Å². The van der Waals surface area contributed by atoms with Gasteiger partial charge in [-0.2, -0.15) is 5.10 Å². The van der Waals surface area contributed by atoms with Gasteiger partial charge in [0.1, 0.15) is 11.1 Å². The van der Waals surface area contributed by atoms with Crippen LogP contribution in [0.15, 0.2) is 42.5 Å². The molecule has 2 aromatic heterocycles. The number of anilines is 2. The lowest BCUT2D eigenvalue weighted by molar-refractivity contribution is -0.130. The second-order valence-electron chi connectivity index (χ2n) is 7.50. The molecule has 3 heterocycles. The van der Waals surface area contributed by atoms with E-state index in [0.29, 0.717) is 11.6 Å². The van der Waals surface area contributed by atoms with Gasteiger partial charge in [0.05, 0.1) is 12.1 Å². The molecule has 0 spiro atoms. The van der Waals surface area contributed by atoms with Gasteiger partial charge in [-0.05, 0) is 38.0 Å². The zero-order valence-corrected chi connectivity index (χ0v) is 18.5. The summed E-state index contributed by atoms with van der Waals surface area (Å²) in [6.45, 7) is 6.03. The van der Waals surface area contributed by atoms with Crippen LogP contribution in [0.4, 0.5) is 10.9 Å². The Balaban J connectivity index is 1.34. The van der Waals surface area contributed by atoms with Crippen molar-refractivity contribution in [2.45, 2.75) is 38.8 Å². The van der Waals surface area contributed by atoms with Gasteiger partial charge in [-0.25, -0.2) is 0 Å². The smallest absolute Gasteiger partial charge is 0.205 e. The minimum Gasteiger partial charge on any atom is -0.366 e. The molecule has 1 aliphatic rings. The average Bonchev–Trinajstić information content (AvgIpc) is 3.43. The van der Waals surface area contributed by atoms with E-state index in [1.807, 2.05) is 56.3 Å². The second kappa shape index (κ2) is 9.93. The van der Waals surface area contributed by atoms with Crippen LogP contribution >= 0.6 is 11.3 Å². The molecule has 0 amide bonds. The molecular weight excluding hydrogens is 412 g/mol. The molecule has 0 saturated carbocycles. The Morgan fingerprint density at radius 3 is 2.77 bits per heavy atom. The number of nitrogens with zero attached hydrogens (tertiary/aromatic N) is 5. The molecule has 0 aliphatic carbocycles. The molecule has 1 saturated heterocycles. The number of nitrogens with one attached hydrogen (secondary N) is 1. The van der Waals surface area contributed by atoms with Crippen molar-refractivity contribution in [3.05, 3.63) is 58.7 Å². The molecule has 0 bridgehead atoms. The van der Waals surface area contributed by atoms with E-state index in [4.69, 9.17) is 4.74 Å². The maximum atomic E-state index is 12.9. The standard InChI is InChI=1S/C22H26N6O2S/c1-3-30-21(16-7-5-4-6-8-16)18(29)13-20-26-27-22(31-20)23-17-11-12-28(14-17)19-10-9-15(2)24-25-19/h4-10,17,21H,3,11-14H2,1-2H3,(H,23,27)/t17-,21-/m1/s1. The lowest BCUT2D eigenvalue weighted by Gasteiger charge is -2.17. The number of ether oxygens (including phenoxy) is 1. The van der Waals surface area contributed by atoms with Gasteiger partial charge in [-0.3, -0.25) is 4.79 Å². The third-order valence-corrected chi connectivity index (χ3v) is 6.00. The van der Waals surface area contributed by atoms with Crippen molar-refractivity contribution in [1.82, 2.24) is 20.4 Å². The van der Waals surface area contributed by atoms with Gasteiger partial charge in [-0.15, -0.1) is 15.3 Å². The predicted molar refractivity (Wildman–Crippen MR) is 120 cm³/mol. The van der Waals surface area contributed by atoms with Gasteiger partial charge in [0, 0.05) is 25.7 Å². The van der Waals surface area contributed by atoms with Gasteiger partial charge in [0.15, 0.2) is 11.6 Å². The Bertz CT molecular complexity index is 995. The van der Waals surface area contributed by atoms with E-state index >= 15 is 0 Å². The van der Waals surface area contributed by atoms with Crippen molar-refractivity contribution in [1.29, 1.82) is 0 Å². The number of ketones is 1. The highest BCUT2D eigenvalue weighted by Gasteiger charge is 2.26. The van der Waals surface area contributed by atoms with Crippen LogP contribution in [0.2, 0.25) is 0 Å². The number of carbonyl (C=O) groups is 1. The Morgan fingerprint density at radius 1 is 1.19 bits per heavy atom.